The second kappa shape index (κ2) is 9.24. The molecule has 0 saturated heterocycles. The van der Waals surface area contributed by atoms with Gasteiger partial charge >= 0.3 is 258 Å². The van der Waals surface area contributed by atoms with Crippen LogP contribution in [0.5, 0.6) is 0 Å². The Labute approximate surface area is 256 Å². The summed E-state index contributed by atoms with van der Waals surface area (Å²) < 4.78 is 10.7. The van der Waals surface area contributed by atoms with Crippen molar-refractivity contribution in [1.82, 2.24) is 0 Å². The van der Waals surface area contributed by atoms with Crippen LogP contribution >= 0.6 is 0 Å². The zero-order valence-electron chi connectivity index (χ0n) is 27.7. The van der Waals surface area contributed by atoms with Crippen molar-refractivity contribution in [3.8, 4) is 22.3 Å². The summed E-state index contributed by atoms with van der Waals surface area (Å²) in [5.74, 6) is 0. The zero-order valence-corrected chi connectivity index (χ0v) is 32.7. The Kier molecular flexibility index (Phi) is 6.55. The molecular weight excluding hydrogens is 699 g/mol. The molecule has 222 valence electrons. The predicted molar refractivity (Wildman–Crippen MR) is 192 cm³/mol. The van der Waals surface area contributed by atoms with Crippen molar-refractivity contribution in [2.75, 3.05) is 0 Å². The molecule has 2 heteroatoms. The standard InChI is InChI=1S/2C17H15.C4H9.3CH3.Hf.H2Si/c2*1-12-6-3-7-13(2)17(12)16-11-5-9-14-8-4-10-15(14)16;1-3-4-2;;;;;/h2*3-11H,1-2H3;1,3-4H2,2H3;3*1H3;;1H2. The summed E-state index contributed by atoms with van der Waals surface area (Å²) >= 11 is -4.93. The van der Waals surface area contributed by atoms with Gasteiger partial charge in [0.1, 0.15) is 0 Å². The van der Waals surface area contributed by atoms with E-state index >= 15 is 0 Å². The average Bonchev–Trinajstić information content (AvgIpc) is 3.60. The van der Waals surface area contributed by atoms with Gasteiger partial charge in [-0.05, 0) is 0 Å². The first-order valence-corrected chi connectivity index (χ1v) is 42.3. The van der Waals surface area contributed by atoms with Crippen molar-refractivity contribution < 1.29 is 14.2 Å². The summed E-state index contributed by atoms with van der Waals surface area (Å²) in [5.41, 5.74) is 17.0. The molecule has 0 heterocycles. The van der Waals surface area contributed by atoms with Gasteiger partial charge in [0.15, 0.2) is 0 Å². The van der Waals surface area contributed by atoms with Gasteiger partial charge in [0.25, 0.3) is 0 Å². The van der Waals surface area contributed by atoms with Gasteiger partial charge < -0.3 is 0 Å². The maximum absolute atomic E-state index is 4.93. The fraction of sp³-hybridized carbons (Fsp3) is 0.317. The topological polar surface area (TPSA) is 0 Å². The summed E-state index contributed by atoms with van der Waals surface area (Å²) in [6, 6.07) is 27.8. The molecule has 2 atom stereocenters. The number of hydrogen-bond donors (Lipinski definition) is 0. The van der Waals surface area contributed by atoms with E-state index in [-0.39, 0.29) is 0 Å². The van der Waals surface area contributed by atoms with E-state index in [2.05, 4.69) is 153 Å². The van der Waals surface area contributed by atoms with Gasteiger partial charge in [0, 0.05) is 0 Å². The molecule has 0 spiro atoms. The van der Waals surface area contributed by atoms with Crippen LogP contribution in [0.4, 0.5) is 0 Å². The molecule has 0 amide bonds. The van der Waals surface area contributed by atoms with E-state index in [1.54, 1.807) is 11.1 Å². The molecule has 0 bridgehead atoms. The van der Waals surface area contributed by atoms with Crippen LogP contribution in [0.15, 0.2) is 84.9 Å². The Morgan fingerprint density at radius 3 is 1.33 bits per heavy atom. The van der Waals surface area contributed by atoms with E-state index in [0.29, 0.717) is 7.35 Å². The van der Waals surface area contributed by atoms with Gasteiger partial charge in [0.05, 0.1) is 0 Å². The number of allylic oxidation sites excluding steroid dienone is 2. The summed E-state index contributed by atoms with van der Waals surface area (Å²) in [6.45, 7) is 13.9. The van der Waals surface area contributed by atoms with E-state index in [1.165, 1.54) is 72.7 Å². The molecule has 4 aromatic rings. The molecule has 0 nitrogen and oxygen atoms in total. The SMILES string of the molecule is CCC[CH2][Hf]([CH3])([CH3])([CH3])(=[SiH2])([CH]1C=Cc2c(-c3c(C)cccc3C)cccc21)[CH]1C=Cc2c(-c3c(C)cccc3C)cccc21. The van der Waals surface area contributed by atoms with Gasteiger partial charge in [-0.15, -0.1) is 0 Å². The normalized spacial score (nSPS) is 19.8. The van der Waals surface area contributed by atoms with Crippen LogP contribution < -0.4 is 0 Å². The molecule has 6 rings (SSSR count). The summed E-state index contributed by atoms with van der Waals surface area (Å²) in [5, 5.41) is 0. The van der Waals surface area contributed by atoms with Crippen LogP contribution in [-0.2, 0) is 14.2 Å². The van der Waals surface area contributed by atoms with Gasteiger partial charge in [-0.25, -0.2) is 0 Å². The molecule has 0 fully saturated rings. The first-order valence-electron chi connectivity index (χ1n) is 16.5. The minimum absolute atomic E-state index is 0.429. The van der Waals surface area contributed by atoms with Crippen LogP contribution in [-0.4, -0.2) is 6.94 Å². The van der Waals surface area contributed by atoms with Crippen molar-refractivity contribution in [2.45, 2.75) is 73.0 Å². The Morgan fingerprint density at radius 2 is 0.953 bits per heavy atom. The molecule has 0 radical (unpaired) electrons. The molecular formula is C41H50HfSi. The summed E-state index contributed by atoms with van der Waals surface area (Å²) in [7, 11) is 0. The fourth-order valence-corrected chi connectivity index (χ4v) is 49.1. The van der Waals surface area contributed by atoms with E-state index < -0.39 is 14.2 Å². The zero-order chi connectivity index (χ0) is 30.9. The summed E-state index contributed by atoms with van der Waals surface area (Å²) in [6.07, 6.45) is 12.8. The molecule has 4 aromatic carbocycles. The van der Waals surface area contributed by atoms with Crippen molar-refractivity contribution >= 4 is 19.1 Å². The van der Waals surface area contributed by atoms with Crippen molar-refractivity contribution in [3.63, 3.8) is 0 Å². The Hall–Kier alpha value is -2.55. The molecule has 2 unspecified atom stereocenters. The van der Waals surface area contributed by atoms with Crippen molar-refractivity contribution in [3.05, 3.63) is 129 Å². The molecule has 43 heavy (non-hydrogen) atoms. The Bertz CT molecular complexity index is 1830. The minimum atomic E-state index is -4.93. The second-order valence-electron chi connectivity index (χ2n) is 17.5. The van der Waals surface area contributed by atoms with E-state index in [4.69, 9.17) is 0 Å². The van der Waals surface area contributed by atoms with Crippen LogP contribution in [0, 0.1) is 27.7 Å². The van der Waals surface area contributed by atoms with Crippen LogP contribution in [0.1, 0.15) is 71.6 Å². The number of aryl methyl sites for hydroxylation is 4. The average molecular weight is 749 g/mol. The van der Waals surface area contributed by atoms with Crippen molar-refractivity contribution in [1.29, 1.82) is 0 Å². The van der Waals surface area contributed by atoms with Gasteiger partial charge in [-0.3, -0.25) is 0 Å². The molecule has 2 aliphatic carbocycles. The van der Waals surface area contributed by atoms with E-state index in [1.807, 2.05) is 0 Å². The van der Waals surface area contributed by atoms with Crippen LogP contribution in [0.3, 0.4) is 0 Å². The number of benzene rings is 4. The molecule has 0 aliphatic heterocycles. The first-order chi connectivity index (χ1) is 20.1. The van der Waals surface area contributed by atoms with Crippen LogP contribution in [0.2, 0.25) is 18.2 Å². The molecule has 0 saturated carbocycles. The third kappa shape index (κ3) is 4.45. The number of hydrogen-bond acceptors (Lipinski definition) is 0. The third-order valence-electron chi connectivity index (χ3n) is 12.2. The van der Waals surface area contributed by atoms with Gasteiger partial charge in [-0.2, -0.15) is 0 Å². The predicted octanol–water partition coefficient (Wildman–Crippen LogP) is 11.8. The number of rotatable bonds is 7. The monoisotopic (exact) mass is 750 g/mol. The maximum atomic E-state index is 2.84. The second-order valence-corrected chi connectivity index (χ2v) is 99.2. The molecule has 0 N–H and O–H groups in total. The Balaban J connectivity index is 1.60. The number of unbranched alkanes of at least 4 members (excludes halogenated alkanes) is 1. The van der Waals surface area contributed by atoms with E-state index in [0.717, 1.165) is 0 Å². The fourth-order valence-electron chi connectivity index (χ4n) is 9.64. The quantitative estimate of drug-likeness (QED) is 0.165. The van der Waals surface area contributed by atoms with Gasteiger partial charge in [-0.1, -0.05) is 0 Å². The van der Waals surface area contributed by atoms with E-state index in [9.17, 15) is 0 Å². The number of fused-ring (bicyclic) bond motifs is 2. The molecule has 0 aromatic heterocycles. The first kappa shape index (κ1) is 30.5. The van der Waals surface area contributed by atoms with Gasteiger partial charge in [0.2, 0.25) is 0 Å². The molecule has 2 aliphatic rings. The Morgan fingerprint density at radius 1 is 0.581 bits per heavy atom. The van der Waals surface area contributed by atoms with Crippen molar-refractivity contribution in [2.24, 2.45) is 0 Å². The third-order valence-corrected chi connectivity index (χ3v) is 58.2. The summed E-state index contributed by atoms with van der Waals surface area (Å²) in [4.78, 5) is 0. The van der Waals surface area contributed by atoms with Crippen LogP contribution in [0.25, 0.3) is 34.4 Å².